The number of rotatable bonds is 54. The molecule has 74 heavy (non-hydrogen) atoms. The van der Waals surface area contributed by atoms with Crippen LogP contribution < -0.4 is 0 Å². The molecule has 1 atom stereocenters. The van der Waals surface area contributed by atoms with E-state index >= 15 is 0 Å². The molecule has 0 aromatic heterocycles. The Morgan fingerprint density at radius 3 is 0.824 bits per heavy atom. The Bertz CT molecular complexity index is 1550. The fourth-order valence-corrected chi connectivity index (χ4v) is 8.25. The molecule has 0 aliphatic carbocycles. The quantitative estimate of drug-likeness (QED) is 0.0261. The molecule has 0 aromatic carbocycles. The maximum atomic E-state index is 12.8. The Morgan fingerprint density at radius 1 is 0.284 bits per heavy atom. The van der Waals surface area contributed by atoms with Gasteiger partial charge in [0.1, 0.15) is 13.2 Å². The lowest BCUT2D eigenvalue weighted by Crippen LogP contribution is -2.30. The summed E-state index contributed by atoms with van der Waals surface area (Å²) < 4.78 is 16.7. The number of esters is 3. The SMILES string of the molecule is CC/C=C\C/C=C\C/C=C\C/C=C\C/C=C\C/C=C\CCC(=O)OC(COC(=O)CC/C=C\C/C=C\C/C=C\C/C=C\CC)COC(=O)CCCCCCCCCCCCCCCCCCCCCCCCCC. The van der Waals surface area contributed by atoms with E-state index in [0.717, 1.165) is 83.5 Å². The van der Waals surface area contributed by atoms with Crippen molar-refractivity contribution in [1.29, 1.82) is 0 Å². The number of ether oxygens (including phenoxy) is 3. The first-order valence-electron chi connectivity index (χ1n) is 30.5. The zero-order valence-electron chi connectivity index (χ0n) is 48.1. The van der Waals surface area contributed by atoms with E-state index in [2.05, 4.69) is 118 Å². The summed E-state index contributed by atoms with van der Waals surface area (Å²) in [7, 11) is 0. The zero-order valence-corrected chi connectivity index (χ0v) is 48.1. The normalized spacial score (nSPS) is 13.0. The molecule has 1 unspecified atom stereocenters. The van der Waals surface area contributed by atoms with Gasteiger partial charge in [0.2, 0.25) is 0 Å². The van der Waals surface area contributed by atoms with E-state index in [-0.39, 0.29) is 38.0 Å². The van der Waals surface area contributed by atoms with Crippen LogP contribution in [0.25, 0.3) is 0 Å². The van der Waals surface area contributed by atoms with Crippen LogP contribution in [0, 0.1) is 0 Å². The predicted molar refractivity (Wildman–Crippen MR) is 320 cm³/mol. The average Bonchev–Trinajstić information content (AvgIpc) is 3.40. The van der Waals surface area contributed by atoms with Crippen molar-refractivity contribution < 1.29 is 28.6 Å². The first-order valence-corrected chi connectivity index (χ1v) is 30.5. The summed E-state index contributed by atoms with van der Waals surface area (Å²) in [4.78, 5) is 38.1. The van der Waals surface area contributed by atoms with Gasteiger partial charge in [0.15, 0.2) is 6.10 Å². The second-order valence-corrected chi connectivity index (χ2v) is 19.9. The Balaban J connectivity index is 4.44. The second-order valence-electron chi connectivity index (χ2n) is 19.9. The van der Waals surface area contributed by atoms with E-state index in [0.29, 0.717) is 19.3 Å². The molecule has 0 amide bonds. The highest BCUT2D eigenvalue weighted by atomic mass is 16.6. The molecule has 0 radical (unpaired) electrons. The summed E-state index contributed by atoms with van der Waals surface area (Å²) in [5.41, 5.74) is 0. The number of allylic oxidation sites excluding steroid dienone is 20. The average molecular weight is 1030 g/mol. The molecule has 0 N–H and O–H groups in total. The van der Waals surface area contributed by atoms with Crippen molar-refractivity contribution in [1.82, 2.24) is 0 Å². The molecule has 0 spiro atoms. The molecule has 0 fully saturated rings. The molecular formula is C68H112O6. The summed E-state index contributed by atoms with van der Waals surface area (Å²) >= 11 is 0. The predicted octanol–water partition coefficient (Wildman–Crippen LogP) is 20.8. The van der Waals surface area contributed by atoms with Gasteiger partial charge in [-0.1, -0.05) is 290 Å². The van der Waals surface area contributed by atoms with Gasteiger partial charge in [-0.25, -0.2) is 0 Å². The van der Waals surface area contributed by atoms with Crippen molar-refractivity contribution in [2.45, 2.75) is 277 Å². The summed E-state index contributed by atoms with van der Waals surface area (Å²) in [6, 6.07) is 0. The van der Waals surface area contributed by atoms with Crippen LogP contribution in [0.15, 0.2) is 122 Å². The van der Waals surface area contributed by atoms with Crippen molar-refractivity contribution in [2.24, 2.45) is 0 Å². The lowest BCUT2D eigenvalue weighted by atomic mass is 10.0. The molecule has 0 bridgehead atoms. The van der Waals surface area contributed by atoms with Gasteiger partial charge in [-0.2, -0.15) is 0 Å². The number of hydrogen-bond acceptors (Lipinski definition) is 6. The van der Waals surface area contributed by atoms with Crippen LogP contribution >= 0.6 is 0 Å². The third-order valence-electron chi connectivity index (χ3n) is 12.7. The Labute approximate surface area is 456 Å². The third kappa shape index (κ3) is 58.7. The van der Waals surface area contributed by atoms with Gasteiger partial charge in [-0.3, -0.25) is 14.4 Å². The highest BCUT2D eigenvalue weighted by Crippen LogP contribution is 2.16. The van der Waals surface area contributed by atoms with Crippen LogP contribution in [0.4, 0.5) is 0 Å². The molecule has 6 nitrogen and oxygen atoms in total. The van der Waals surface area contributed by atoms with Crippen molar-refractivity contribution in [3.63, 3.8) is 0 Å². The fraction of sp³-hybridized carbons (Fsp3) is 0.662. The third-order valence-corrected chi connectivity index (χ3v) is 12.7. The van der Waals surface area contributed by atoms with Gasteiger partial charge < -0.3 is 14.2 Å². The summed E-state index contributed by atoms with van der Waals surface area (Å²) in [6.07, 6.45) is 85.3. The molecule has 6 heteroatoms. The van der Waals surface area contributed by atoms with Gasteiger partial charge in [0, 0.05) is 19.3 Å². The van der Waals surface area contributed by atoms with Gasteiger partial charge in [-0.05, 0) is 83.5 Å². The van der Waals surface area contributed by atoms with E-state index in [9.17, 15) is 14.4 Å². The molecular weight excluding hydrogens is 913 g/mol. The number of carbonyl (C=O) groups excluding carboxylic acids is 3. The maximum Gasteiger partial charge on any atom is 0.306 e. The topological polar surface area (TPSA) is 78.9 Å². The first kappa shape index (κ1) is 69.8. The van der Waals surface area contributed by atoms with Crippen molar-refractivity contribution in [3.8, 4) is 0 Å². The van der Waals surface area contributed by atoms with Gasteiger partial charge in [0.25, 0.3) is 0 Å². The minimum atomic E-state index is -0.850. The fourth-order valence-electron chi connectivity index (χ4n) is 8.25. The van der Waals surface area contributed by atoms with Gasteiger partial charge in [-0.15, -0.1) is 0 Å². The van der Waals surface area contributed by atoms with Crippen LogP contribution in [-0.4, -0.2) is 37.2 Å². The largest absolute Gasteiger partial charge is 0.462 e. The van der Waals surface area contributed by atoms with Crippen LogP contribution in [0.5, 0.6) is 0 Å². The highest BCUT2D eigenvalue weighted by molar-refractivity contribution is 5.71. The number of hydrogen-bond donors (Lipinski definition) is 0. The lowest BCUT2D eigenvalue weighted by molar-refractivity contribution is -0.166. The van der Waals surface area contributed by atoms with E-state index in [1.807, 2.05) is 24.3 Å². The monoisotopic (exact) mass is 1020 g/mol. The molecule has 0 saturated heterocycles. The molecule has 0 aliphatic rings. The van der Waals surface area contributed by atoms with Crippen LogP contribution in [0.3, 0.4) is 0 Å². The van der Waals surface area contributed by atoms with Gasteiger partial charge in [0.05, 0.1) is 0 Å². The van der Waals surface area contributed by atoms with Gasteiger partial charge >= 0.3 is 17.9 Å². The Hall–Kier alpha value is -4.19. The van der Waals surface area contributed by atoms with E-state index in [4.69, 9.17) is 14.2 Å². The summed E-state index contributed by atoms with van der Waals surface area (Å²) in [5.74, 6) is -1.10. The lowest BCUT2D eigenvalue weighted by Gasteiger charge is -2.18. The summed E-state index contributed by atoms with van der Waals surface area (Å²) in [5, 5.41) is 0. The van der Waals surface area contributed by atoms with Crippen LogP contribution in [-0.2, 0) is 28.6 Å². The van der Waals surface area contributed by atoms with E-state index < -0.39 is 12.1 Å². The van der Waals surface area contributed by atoms with Crippen LogP contribution in [0.1, 0.15) is 271 Å². The number of carbonyl (C=O) groups is 3. The Kier molecular flexibility index (Phi) is 57.9. The zero-order chi connectivity index (χ0) is 53.6. The molecule has 0 saturated carbocycles. The molecule has 0 aromatic rings. The molecule has 0 aliphatic heterocycles. The number of unbranched alkanes of at least 4 members (excludes halogenated alkanes) is 23. The van der Waals surface area contributed by atoms with Crippen molar-refractivity contribution in [2.75, 3.05) is 13.2 Å². The van der Waals surface area contributed by atoms with E-state index in [1.165, 1.54) is 135 Å². The second kappa shape index (κ2) is 61.4. The van der Waals surface area contributed by atoms with Crippen molar-refractivity contribution >= 4 is 17.9 Å². The van der Waals surface area contributed by atoms with E-state index in [1.54, 1.807) is 0 Å². The first-order chi connectivity index (χ1) is 36.5. The minimum absolute atomic E-state index is 0.131. The maximum absolute atomic E-state index is 12.8. The van der Waals surface area contributed by atoms with Crippen LogP contribution in [0.2, 0.25) is 0 Å². The smallest absolute Gasteiger partial charge is 0.306 e. The van der Waals surface area contributed by atoms with Crippen molar-refractivity contribution in [3.05, 3.63) is 122 Å². The molecule has 0 rings (SSSR count). The molecule has 420 valence electrons. The minimum Gasteiger partial charge on any atom is -0.462 e. The Morgan fingerprint density at radius 2 is 0.527 bits per heavy atom. The molecule has 0 heterocycles. The summed E-state index contributed by atoms with van der Waals surface area (Å²) in [6.45, 7) is 6.30. The highest BCUT2D eigenvalue weighted by Gasteiger charge is 2.19. The standard InChI is InChI=1S/C68H112O6/c1-4-7-10-13-16-19-22-25-27-29-31-32-33-34-35-37-38-40-43-46-49-52-55-58-61-67(70)73-64-65(63-72-66(69)60-57-54-51-48-45-42-24-21-18-15-12-9-6-3)74-68(71)62-59-56-53-50-47-44-41-39-36-30-28-26-23-20-17-14-11-8-5-2/h8-9,11-12,17-18,20-21,26,28,36,39,42,44-45,47,51,53-54,56,65H,4-7,10,13-16,19,22-25,27,29-35,37-38,40-41,43,46,48-50,52,55,57-64H2,1-3H3/b11-8-,12-9-,20-17-,21-18-,28-26-,39-36-,45-42-,47-44-,54-51-,56-53-.